The number of aliphatic hydroxyl groups excluding tert-OH is 1. The summed E-state index contributed by atoms with van der Waals surface area (Å²) in [5, 5.41) is 12.2. The third kappa shape index (κ3) is 2.46. The first-order valence-corrected chi connectivity index (χ1v) is 8.65. The lowest BCUT2D eigenvalue weighted by molar-refractivity contribution is -0.165. The molecule has 1 aromatic carbocycles. The molecule has 3 saturated heterocycles. The van der Waals surface area contributed by atoms with Crippen LogP contribution in [-0.2, 0) is 4.74 Å². The molecule has 3 aliphatic rings. The summed E-state index contributed by atoms with van der Waals surface area (Å²) >= 11 is 0. The monoisotopic (exact) mass is 324 g/mol. The lowest BCUT2D eigenvalue weighted by Crippen LogP contribution is -2.60. The van der Waals surface area contributed by atoms with Crippen molar-refractivity contribution in [3.8, 4) is 0 Å². The summed E-state index contributed by atoms with van der Waals surface area (Å²) in [6, 6.07) is 10.0. The van der Waals surface area contributed by atoms with Crippen LogP contribution in [0.25, 0.3) is 10.9 Å². The Morgan fingerprint density at radius 3 is 2.92 bits per heavy atom. The maximum atomic E-state index is 11.2. The molecule has 0 aliphatic carbocycles. The van der Waals surface area contributed by atoms with Crippen molar-refractivity contribution in [1.29, 1.82) is 0 Å². The maximum absolute atomic E-state index is 11.2. The number of hydrogen-bond acceptors (Lipinski definition) is 4. The fraction of sp³-hybridized carbons (Fsp3) is 0.450. The molecule has 4 heterocycles. The highest BCUT2D eigenvalue weighted by Gasteiger charge is 2.47. The second-order valence-corrected chi connectivity index (χ2v) is 6.95. The molecule has 0 spiro atoms. The summed E-state index contributed by atoms with van der Waals surface area (Å²) in [6.07, 6.45) is 5.41. The number of aromatic nitrogens is 1. The van der Waals surface area contributed by atoms with Crippen LogP contribution in [-0.4, -0.2) is 40.9 Å². The molecule has 6 atom stereocenters. The van der Waals surface area contributed by atoms with Crippen LogP contribution in [0.15, 0.2) is 49.2 Å². The van der Waals surface area contributed by atoms with Gasteiger partial charge in [0, 0.05) is 31.3 Å². The Hall–Kier alpha value is -1.75. The van der Waals surface area contributed by atoms with E-state index >= 15 is 0 Å². The first kappa shape index (κ1) is 15.8. The van der Waals surface area contributed by atoms with Gasteiger partial charge in [0.05, 0.1) is 11.6 Å². The molecule has 1 aromatic heterocycles. The minimum Gasteiger partial charge on any atom is -0.387 e. The van der Waals surface area contributed by atoms with Gasteiger partial charge in [0.2, 0.25) is 0 Å². The van der Waals surface area contributed by atoms with Crippen LogP contribution in [0.5, 0.6) is 0 Å². The third-order valence-electron chi connectivity index (χ3n) is 5.81. The fourth-order valence-electron chi connectivity index (χ4n) is 4.54. The highest BCUT2D eigenvalue weighted by molar-refractivity contribution is 5.82. The normalized spacial score (nSPS) is 33.5. The zero-order chi connectivity index (χ0) is 16.7. The van der Waals surface area contributed by atoms with Crippen molar-refractivity contribution >= 4 is 10.9 Å². The van der Waals surface area contributed by atoms with Gasteiger partial charge in [0.25, 0.3) is 0 Å². The topological polar surface area (TPSA) is 45.6 Å². The number of hydrogen-bond donors (Lipinski definition) is 1. The van der Waals surface area contributed by atoms with Crippen LogP contribution in [0.1, 0.15) is 24.5 Å². The average molecular weight is 324 g/mol. The molecule has 3 aliphatic heterocycles. The maximum Gasteiger partial charge on any atom is 0.110 e. The molecule has 0 radical (unpaired) electrons. The number of piperidine rings is 3. The van der Waals surface area contributed by atoms with E-state index in [9.17, 15) is 5.11 Å². The van der Waals surface area contributed by atoms with Gasteiger partial charge >= 0.3 is 0 Å². The highest BCUT2D eigenvalue weighted by Crippen LogP contribution is 2.44. The molecule has 126 valence electrons. The van der Waals surface area contributed by atoms with Crippen molar-refractivity contribution in [2.24, 2.45) is 11.8 Å². The molecular weight excluding hydrogens is 300 g/mol. The molecule has 4 nitrogen and oxygen atoms in total. The van der Waals surface area contributed by atoms with Crippen molar-refractivity contribution in [2.75, 3.05) is 13.7 Å². The molecule has 5 rings (SSSR count). The van der Waals surface area contributed by atoms with Gasteiger partial charge in [0.1, 0.15) is 6.23 Å². The molecule has 0 amide bonds. The molecular formula is C20H24N2O2. The predicted octanol–water partition coefficient (Wildman–Crippen LogP) is 3.14. The van der Waals surface area contributed by atoms with Crippen molar-refractivity contribution in [3.63, 3.8) is 0 Å². The lowest BCUT2D eigenvalue weighted by atomic mass is 9.72. The van der Waals surface area contributed by atoms with E-state index in [1.165, 1.54) is 0 Å². The van der Waals surface area contributed by atoms with E-state index in [4.69, 9.17) is 4.74 Å². The van der Waals surface area contributed by atoms with Gasteiger partial charge in [-0.1, -0.05) is 24.3 Å². The first-order chi connectivity index (χ1) is 11.7. The Morgan fingerprint density at radius 1 is 1.33 bits per heavy atom. The van der Waals surface area contributed by atoms with Crippen LogP contribution in [0, 0.1) is 11.8 Å². The molecule has 1 N–H and O–H groups in total. The van der Waals surface area contributed by atoms with E-state index in [0.29, 0.717) is 11.8 Å². The Labute approximate surface area is 142 Å². The number of fused-ring (bicyclic) bond motifs is 4. The Bertz CT molecular complexity index is 742. The van der Waals surface area contributed by atoms with E-state index in [0.717, 1.165) is 35.9 Å². The summed E-state index contributed by atoms with van der Waals surface area (Å²) in [5.41, 5.74) is 1.89. The molecule has 0 saturated carbocycles. The minimum absolute atomic E-state index is 0.0794. The molecule has 2 aromatic rings. The third-order valence-corrected chi connectivity index (χ3v) is 5.81. The summed E-state index contributed by atoms with van der Waals surface area (Å²) in [5.74, 6) is 1.03. The number of para-hydroxylation sites is 1. The SMILES string of the molecule is C=C[C@H]1CN2C(OC)C[C@H]1C[C@@H]2C(O)c1ccnc2ccccc12. The average Bonchev–Trinajstić information content (AvgIpc) is 2.66. The summed E-state index contributed by atoms with van der Waals surface area (Å²) in [4.78, 5) is 6.74. The lowest BCUT2D eigenvalue weighted by Gasteiger charge is -2.54. The fourth-order valence-corrected chi connectivity index (χ4v) is 4.54. The zero-order valence-corrected chi connectivity index (χ0v) is 14.0. The smallest absolute Gasteiger partial charge is 0.110 e. The molecule has 24 heavy (non-hydrogen) atoms. The van der Waals surface area contributed by atoms with Gasteiger partial charge in [-0.3, -0.25) is 9.88 Å². The largest absolute Gasteiger partial charge is 0.387 e. The van der Waals surface area contributed by atoms with E-state index in [2.05, 4.69) is 22.5 Å². The Morgan fingerprint density at radius 2 is 2.17 bits per heavy atom. The number of rotatable bonds is 4. The molecule has 3 fully saturated rings. The van der Waals surface area contributed by atoms with E-state index in [1.807, 2.05) is 30.3 Å². The molecule has 4 heteroatoms. The number of methoxy groups -OCH3 is 1. The van der Waals surface area contributed by atoms with Gasteiger partial charge in [-0.2, -0.15) is 0 Å². The van der Waals surface area contributed by atoms with E-state index in [-0.39, 0.29) is 12.3 Å². The van der Waals surface area contributed by atoms with Gasteiger partial charge in [-0.25, -0.2) is 0 Å². The van der Waals surface area contributed by atoms with Crippen LogP contribution < -0.4 is 0 Å². The second kappa shape index (κ2) is 6.28. The van der Waals surface area contributed by atoms with Gasteiger partial charge < -0.3 is 9.84 Å². The van der Waals surface area contributed by atoms with Gasteiger partial charge in [-0.05, 0) is 42.4 Å². The summed E-state index contributed by atoms with van der Waals surface area (Å²) in [7, 11) is 1.76. The van der Waals surface area contributed by atoms with Crippen molar-refractivity contribution in [1.82, 2.24) is 9.88 Å². The summed E-state index contributed by atoms with van der Waals surface area (Å²) in [6.45, 7) is 4.90. The predicted molar refractivity (Wildman–Crippen MR) is 94.4 cm³/mol. The van der Waals surface area contributed by atoms with Crippen LogP contribution in [0.3, 0.4) is 0 Å². The van der Waals surface area contributed by atoms with Crippen LogP contribution in [0.2, 0.25) is 0 Å². The standard InChI is InChI=1S/C20H24N2O2/c1-3-13-12-22-18(10-14(13)11-19(22)24-2)20(23)16-8-9-21-17-7-5-4-6-15(16)17/h3-9,13-14,18-20,23H,1,10-12H2,2H3/t13-,14+,18+,19?,20?/m0/s1. The number of ether oxygens (including phenoxy) is 1. The second-order valence-electron chi connectivity index (χ2n) is 6.95. The number of benzene rings is 1. The Kier molecular flexibility index (Phi) is 4.12. The van der Waals surface area contributed by atoms with E-state index < -0.39 is 6.10 Å². The highest BCUT2D eigenvalue weighted by atomic mass is 16.5. The number of nitrogens with zero attached hydrogens (tertiary/aromatic N) is 2. The molecule has 2 bridgehead atoms. The van der Waals surface area contributed by atoms with Crippen LogP contribution in [0.4, 0.5) is 0 Å². The van der Waals surface area contributed by atoms with Gasteiger partial charge in [-0.15, -0.1) is 6.58 Å². The van der Waals surface area contributed by atoms with Crippen molar-refractivity contribution in [2.45, 2.75) is 31.2 Å². The van der Waals surface area contributed by atoms with Gasteiger partial charge in [0.15, 0.2) is 0 Å². The van der Waals surface area contributed by atoms with Crippen LogP contribution >= 0.6 is 0 Å². The number of aliphatic hydroxyl groups is 1. The first-order valence-electron chi connectivity index (χ1n) is 8.65. The minimum atomic E-state index is -0.538. The quantitative estimate of drug-likeness (QED) is 0.878. The molecule has 3 unspecified atom stereocenters. The Balaban J connectivity index is 1.69. The van der Waals surface area contributed by atoms with Crippen molar-refractivity contribution < 1.29 is 9.84 Å². The number of pyridine rings is 1. The summed E-state index contributed by atoms with van der Waals surface area (Å²) < 4.78 is 5.69. The zero-order valence-electron chi connectivity index (χ0n) is 14.0. The van der Waals surface area contributed by atoms with E-state index in [1.54, 1.807) is 13.3 Å². The van der Waals surface area contributed by atoms with Crippen molar-refractivity contribution in [3.05, 3.63) is 54.7 Å².